The predicted octanol–water partition coefficient (Wildman–Crippen LogP) is 3.75. The number of anilines is 1. The first-order valence-electron chi connectivity index (χ1n) is 11.2. The maximum absolute atomic E-state index is 12.9. The average Bonchev–Trinajstić information content (AvgIpc) is 2.78. The molecule has 1 heterocycles. The number of hydrogen-bond acceptors (Lipinski definition) is 5. The Balaban J connectivity index is 1.70. The van der Waals surface area contributed by atoms with Crippen molar-refractivity contribution < 1.29 is 14.5 Å². The Labute approximate surface area is 194 Å². The molecule has 2 aromatic rings. The molecule has 8 nitrogen and oxygen atoms in total. The van der Waals surface area contributed by atoms with Gasteiger partial charge in [0.05, 0.1) is 4.92 Å². The van der Waals surface area contributed by atoms with Gasteiger partial charge in [-0.15, -0.1) is 0 Å². The van der Waals surface area contributed by atoms with Crippen molar-refractivity contribution in [3.8, 4) is 0 Å². The molecule has 1 N–H and O–H groups in total. The quantitative estimate of drug-likeness (QED) is 0.510. The lowest BCUT2D eigenvalue weighted by atomic mass is 9.79. The van der Waals surface area contributed by atoms with Gasteiger partial charge < -0.3 is 15.1 Å². The monoisotopic (exact) mass is 452 g/mol. The summed E-state index contributed by atoms with van der Waals surface area (Å²) in [5, 5.41) is 14.7. The molecule has 1 saturated heterocycles. The van der Waals surface area contributed by atoms with E-state index in [1.807, 2.05) is 30.0 Å². The molecule has 1 aliphatic rings. The van der Waals surface area contributed by atoms with Crippen LogP contribution in [0.3, 0.4) is 0 Å². The Morgan fingerprint density at radius 2 is 1.73 bits per heavy atom. The Morgan fingerprint density at radius 3 is 2.30 bits per heavy atom. The van der Waals surface area contributed by atoms with E-state index in [9.17, 15) is 19.7 Å². The van der Waals surface area contributed by atoms with Crippen LogP contribution in [-0.4, -0.2) is 53.9 Å². The molecule has 1 unspecified atom stereocenters. The summed E-state index contributed by atoms with van der Waals surface area (Å²) in [5.41, 5.74) is 1.69. The number of carbonyl (C=O) groups excluding carboxylic acids is 2. The van der Waals surface area contributed by atoms with E-state index < -0.39 is 4.92 Å². The zero-order valence-electron chi connectivity index (χ0n) is 19.7. The van der Waals surface area contributed by atoms with E-state index in [0.29, 0.717) is 31.9 Å². The minimum Gasteiger partial charge on any atom is -0.362 e. The Kier molecular flexibility index (Phi) is 7.36. The van der Waals surface area contributed by atoms with E-state index in [2.05, 4.69) is 31.3 Å². The van der Waals surface area contributed by atoms with Gasteiger partial charge in [0.15, 0.2) is 0 Å². The molecule has 2 aromatic carbocycles. The molecule has 0 bridgehead atoms. The lowest BCUT2D eigenvalue weighted by Crippen LogP contribution is -2.48. The molecule has 0 radical (unpaired) electrons. The molecule has 0 spiro atoms. The predicted molar refractivity (Wildman–Crippen MR) is 129 cm³/mol. The van der Waals surface area contributed by atoms with Gasteiger partial charge in [0.25, 0.3) is 11.6 Å². The van der Waals surface area contributed by atoms with Crippen LogP contribution >= 0.6 is 0 Å². The Hall–Kier alpha value is -3.42. The molecule has 0 saturated carbocycles. The third kappa shape index (κ3) is 5.88. The first-order valence-corrected chi connectivity index (χ1v) is 11.2. The van der Waals surface area contributed by atoms with Crippen LogP contribution in [0.2, 0.25) is 0 Å². The summed E-state index contributed by atoms with van der Waals surface area (Å²) in [7, 11) is 0. The number of nitro groups is 1. The molecule has 33 heavy (non-hydrogen) atoms. The van der Waals surface area contributed by atoms with Crippen LogP contribution in [0, 0.1) is 10.1 Å². The molecule has 176 valence electrons. The highest BCUT2D eigenvalue weighted by Gasteiger charge is 2.27. The summed E-state index contributed by atoms with van der Waals surface area (Å²) >= 11 is 0. The lowest BCUT2D eigenvalue weighted by Gasteiger charge is -2.35. The summed E-state index contributed by atoms with van der Waals surface area (Å²) in [6.07, 6.45) is 0.726. The van der Waals surface area contributed by atoms with E-state index >= 15 is 0 Å². The van der Waals surface area contributed by atoms with Crippen molar-refractivity contribution in [3.63, 3.8) is 0 Å². The van der Waals surface area contributed by atoms with Crippen LogP contribution in [0.5, 0.6) is 0 Å². The molecule has 0 aromatic heterocycles. The second-order valence-electron chi connectivity index (χ2n) is 9.28. The minimum atomic E-state index is -0.453. The van der Waals surface area contributed by atoms with Gasteiger partial charge in [-0.1, -0.05) is 44.2 Å². The maximum atomic E-state index is 12.9. The SMILES string of the molecule is CC(=O)N1CCN(c2ccc(C(=O)NC(C)CC(C)(C)c3ccccc3)cc2[N+](=O)[O-])CC1. The van der Waals surface area contributed by atoms with Crippen molar-refractivity contribution in [2.75, 3.05) is 31.1 Å². The van der Waals surface area contributed by atoms with Crippen LogP contribution in [0.1, 0.15) is 50.0 Å². The fourth-order valence-corrected chi connectivity index (χ4v) is 4.47. The fraction of sp³-hybridized carbons (Fsp3) is 0.440. The molecule has 1 fully saturated rings. The third-order valence-electron chi connectivity index (χ3n) is 6.25. The molecule has 8 heteroatoms. The van der Waals surface area contributed by atoms with Crippen LogP contribution in [-0.2, 0) is 10.2 Å². The number of rotatable bonds is 7. The second-order valence-corrected chi connectivity index (χ2v) is 9.28. The van der Waals surface area contributed by atoms with E-state index in [4.69, 9.17) is 0 Å². The van der Waals surface area contributed by atoms with E-state index in [1.165, 1.54) is 18.6 Å². The van der Waals surface area contributed by atoms with Gasteiger partial charge >= 0.3 is 0 Å². The van der Waals surface area contributed by atoms with Gasteiger partial charge in [0.1, 0.15) is 5.69 Å². The standard InChI is InChI=1S/C25H32N4O4/c1-18(17-25(3,4)21-8-6-5-7-9-21)26-24(31)20-10-11-22(23(16-20)29(32)33)28-14-12-27(13-15-28)19(2)30/h5-11,16,18H,12-15,17H2,1-4H3,(H,26,31). The Bertz CT molecular complexity index is 1010. The van der Waals surface area contributed by atoms with Crippen LogP contribution in [0.15, 0.2) is 48.5 Å². The summed E-state index contributed by atoms with van der Waals surface area (Å²) < 4.78 is 0. The lowest BCUT2D eigenvalue weighted by molar-refractivity contribution is -0.384. The van der Waals surface area contributed by atoms with E-state index in [1.54, 1.807) is 17.0 Å². The number of hydrogen-bond donors (Lipinski definition) is 1. The summed E-state index contributed by atoms with van der Waals surface area (Å²) in [5.74, 6) is -0.330. The van der Waals surface area contributed by atoms with Gasteiger partial charge in [0.2, 0.25) is 5.91 Å². The van der Waals surface area contributed by atoms with Crippen LogP contribution in [0.4, 0.5) is 11.4 Å². The number of amides is 2. The van der Waals surface area contributed by atoms with Crippen molar-refractivity contribution in [2.45, 2.75) is 45.6 Å². The highest BCUT2D eigenvalue weighted by Crippen LogP contribution is 2.31. The zero-order valence-corrected chi connectivity index (χ0v) is 19.7. The molecule has 2 amide bonds. The van der Waals surface area contributed by atoms with Gasteiger partial charge in [-0.05, 0) is 36.5 Å². The Morgan fingerprint density at radius 1 is 1.09 bits per heavy atom. The fourth-order valence-electron chi connectivity index (χ4n) is 4.47. The number of benzene rings is 2. The summed E-state index contributed by atoms with van der Waals surface area (Å²) in [4.78, 5) is 39.3. The molecule has 0 aliphatic carbocycles. The smallest absolute Gasteiger partial charge is 0.293 e. The van der Waals surface area contributed by atoms with Crippen molar-refractivity contribution in [3.05, 3.63) is 69.8 Å². The molecule has 1 atom stereocenters. The van der Waals surface area contributed by atoms with Crippen molar-refractivity contribution in [2.24, 2.45) is 0 Å². The second kappa shape index (κ2) is 10.0. The number of nitrogens with zero attached hydrogens (tertiary/aromatic N) is 3. The summed E-state index contributed by atoms with van der Waals surface area (Å²) in [6, 6.07) is 14.6. The van der Waals surface area contributed by atoms with Gasteiger partial charge in [-0.25, -0.2) is 0 Å². The maximum Gasteiger partial charge on any atom is 0.293 e. The minimum absolute atomic E-state index is 0.000676. The zero-order chi connectivity index (χ0) is 24.2. The molecular weight excluding hydrogens is 420 g/mol. The van der Waals surface area contributed by atoms with Gasteiger partial charge in [-0.2, -0.15) is 0 Å². The molecular formula is C25H32N4O4. The topological polar surface area (TPSA) is 95.8 Å². The van der Waals surface area contributed by atoms with Gasteiger partial charge in [-0.3, -0.25) is 19.7 Å². The normalized spacial score (nSPS) is 15.2. The number of carbonyl (C=O) groups is 2. The highest BCUT2D eigenvalue weighted by atomic mass is 16.6. The van der Waals surface area contributed by atoms with E-state index in [-0.39, 0.29) is 34.5 Å². The first-order chi connectivity index (χ1) is 15.6. The van der Waals surface area contributed by atoms with Crippen molar-refractivity contribution in [1.29, 1.82) is 0 Å². The first kappa shape index (κ1) is 24.2. The largest absolute Gasteiger partial charge is 0.362 e. The summed E-state index contributed by atoms with van der Waals surface area (Å²) in [6.45, 7) is 9.79. The number of piperazine rings is 1. The highest BCUT2D eigenvalue weighted by molar-refractivity contribution is 5.96. The number of nitrogens with one attached hydrogen (secondary N) is 1. The van der Waals surface area contributed by atoms with Crippen molar-refractivity contribution >= 4 is 23.2 Å². The van der Waals surface area contributed by atoms with E-state index in [0.717, 1.165) is 6.42 Å². The van der Waals surface area contributed by atoms with Crippen molar-refractivity contribution in [1.82, 2.24) is 10.2 Å². The molecule has 3 rings (SSSR count). The molecule has 1 aliphatic heterocycles. The van der Waals surface area contributed by atoms with Gasteiger partial charge in [0, 0.05) is 50.8 Å². The average molecular weight is 453 g/mol. The third-order valence-corrected chi connectivity index (χ3v) is 6.25. The van der Waals surface area contributed by atoms with Crippen LogP contribution < -0.4 is 10.2 Å². The van der Waals surface area contributed by atoms with Crippen LogP contribution in [0.25, 0.3) is 0 Å². The number of nitro benzene ring substituents is 1.